The lowest BCUT2D eigenvalue weighted by molar-refractivity contribution is -0.128. The Morgan fingerprint density at radius 1 is 1.22 bits per heavy atom. The van der Waals surface area contributed by atoms with Gasteiger partial charge in [0.05, 0.1) is 26.1 Å². The first-order valence-corrected chi connectivity index (χ1v) is 8.85. The van der Waals surface area contributed by atoms with Gasteiger partial charge in [0, 0.05) is 19.2 Å². The number of amides is 1. The van der Waals surface area contributed by atoms with E-state index in [1.165, 1.54) is 0 Å². The van der Waals surface area contributed by atoms with Crippen LogP contribution in [0.2, 0.25) is 0 Å². The molecule has 0 spiro atoms. The lowest BCUT2D eigenvalue weighted by Gasteiger charge is -2.25. The van der Waals surface area contributed by atoms with Crippen LogP contribution >= 0.6 is 11.8 Å². The van der Waals surface area contributed by atoms with E-state index in [4.69, 9.17) is 14.2 Å². The Bertz CT molecular complexity index is 513. The van der Waals surface area contributed by atoms with E-state index in [1.54, 1.807) is 26.0 Å². The number of hydrogen-bond donors (Lipinski definition) is 0. The summed E-state index contributed by atoms with van der Waals surface area (Å²) in [5.41, 5.74) is 1.03. The van der Waals surface area contributed by atoms with Crippen LogP contribution in [-0.4, -0.2) is 50.0 Å². The number of carbonyl (C=O) groups excluding carboxylic acids is 1. The van der Waals surface area contributed by atoms with Crippen molar-refractivity contribution in [3.8, 4) is 11.5 Å². The van der Waals surface area contributed by atoms with Crippen LogP contribution in [0.1, 0.15) is 31.2 Å². The second-order valence-electron chi connectivity index (χ2n) is 5.67. The average molecular weight is 339 g/mol. The van der Waals surface area contributed by atoms with Crippen molar-refractivity contribution < 1.29 is 19.0 Å². The van der Waals surface area contributed by atoms with E-state index in [0.717, 1.165) is 23.5 Å². The number of hydrogen-bond acceptors (Lipinski definition) is 5. The molecule has 128 valence electrons. The van der Waals surface area contributed by atoms with Gasteiger partial charge in [-0.25, -0.2) is 0 Å². The van der Waals surface area contributed by atoms with E-state index >= 15 is 0 Å². The highest BCUT2D eigenvalue weighted by molar-refractivity contribution is 8.00. The van der Waals surface area contributed by atoms with Crippen LogP contribution in [0.15, 0.2) is 18.2 Å². The van der Waals surface area contributed by atoms with Gasteiger partial charge in [0.1, 0.15) is 16.9 Å². The average Bonchev–Trinajstić information content (AvgIpc) is 2.91. The molecule has 0 bridgehead atoms. The zero-order valence-electron chi connectivity index (χ0n) is 14.2. The SMILES string of the molecule is COc1cc(OC)cc(C2SCC(=O)N2CCCOC(C)C)c1. The molecule has 0 aromatic heterocycles. The van der Waals surface area contributed by atoms with Crippen molar-refractivity contribution in [1.29, 1.82) is 0 Å². The summed E-state index contributed by atoms with van der Waals surface area (Å²) in [6, 6.07) is 5.78. The van der Waals surface area contributed by atoms with Crippen LogP contribution in [0.25, 0.3) is 0 Å². The number of benzene rings is 1. The van der Waals surface area contributed by atoms with Gasteiger partial charge in [-0.2, -0.15) is 0 Å². The molecule has 0 saturated carbocycles. The topological polar surface area (TPSA) is 48.0 Å². The predicted octanol–water partition coefficient (Wildman–Crippen LogP) is 3.09. The van der Waals surface area contributed by atoms with Crippen molar-refractivity contribution in [3.05, 3.63) is 23.8 Å². The number of methoxy groups -OCH3 is 2. The molecule has 1 saturated heterocycles. The van der Waals surface area contributed by atoms with Crippen LogP contribution < -0.4 is 9.47 Å². The third-order valence-corrected chi connectivity index (χ3v) is 4.88. The highest BCUT2D eigenvalue weighted by atomic mass is 32.2. The smallest absolute Gasteiger partial charge is 0.233 e. The molecule has 1 heterocycles. The second-order valence-corrected chi connectivity index (χ2v) is 6.74. The van der Waals surface area contributed by atoms with Gasteiger partial charge >= 0.3 is 0 Å². The lowest BCUT2D eigenvalue weighted by Crippen LogP contribution is -2.30. The second kappa shape index (κ2) is 8.45. The van der Waals surface area contributed by atoms with Gasteiger partial charge < -0.3 is 19.1 Å². The molecule has 1 atom stereocenters. The Hall–Kier alpha value is -1.40. The van der Waals surface area contributed by atoms with Gasteiger partial charge in [-0.05, 0) is 38.0 Å². The van der Waals surface area contributed by atoms with Crippen molar-refractivity contribution in [1.82, 2.24) is 4.90 Å². The maximum atomic E-state index is 12.2. The monoisotopic (exact) mass is 339 g/mol. The predicted molar refractivity (Wildman–Crippen MR) is 92.2 cm³/mol. The van der Waals surface area contributed by atoms with Crippen LogP contribution in [-0.2, 0) is 9.53 Å². The minimum Gasteiger partial charge on any atom is -0.497 e. The maximum Gasteiger partial charge on any atom is 0.233 e. The van der Waals surface area contributed by atoms with Gasteiger partial charge in [0.25, 0.3) is 0 Å². The van der Waals surface area contributed by atoms with Crippen LogP contribution in [0, 0.1) is 0 Å². The molecule has 5 nitrogen and oxygen atoms in total. The van der Waals surface area contributed by atoms with Gasteiger partial charge in [-0.3, -0.25) is 4.79 Å². The van der Waals surface area contributed by atoms with Crippen LogP contribution in [0.4, 0.5) is 0 Å². The van der Waals surface area contributed by atoms with Gasteiger partial charge in [-0.15, -0.1) is 11.8 Å². The molecular weight excluding hydrogens is 314 g/mol. The quantitative estimate of drug-likeness (QED) is 0.681. The third kappa shape index (κ3) is 4.78. The summed E-state index contributed by atoms with van der Waals surface area (Å²) in [6.07, 6.45) is 1.05. The molecule has 0 N–H and O–H groups in total. The largest absolute Gasteiger partial charge is 0.497 e. The van der Waals surface area contributed by atoms with E-state index in [0.29, 0.717) is 18.9 Å². The molecule has 1 aliphatic heterocycles. The summed E-state index contributed by atoms with van der Waals surface area (Å²) in [5.74, 6) is 2.16. The Morgan fingerprint density at radius 2 is 1.87 bits per heavy atom. The minimum atomic E-state index is 0.00514. The van der Waals surface area contributed by atoms with Crippen molar-refractivity contribution in [2.45, 2.75) is 31.7 Å². The third-order valence-electron chi connectivity index (χ3n) is 3.62. The van der Waals surface area contributed by atoms with Crippen LogP contribution in [0.3, 0.4) is 0 Å². The maximum absolute atomic E-state index is 12.2. The number of thioether (sulfide) groups is 1. The lowest BCUT2D eigenvalue weighted by atomic mass is 10.1. The first-order valence-electron chi connectivity index (χ1n) is 7.80. The number of carbonyl (C=O) groups is 1. The number of rotatable bonds is 8. The molecule has 1 aliphatic rings. The van der Waals surface area contributed by atoms with E-state index in [1.807, 2.05) is 36.9 Å². The van der Waals surface area contributed by atoms with Crippen molar-refractivity contribution >= 4 is 17.7 Å². The molecule has 2 rings (SSSR count). The molecule has 1 aromatic carbocycles. The van der Waals surface area contributed by atoms with Gasteiger partial charge in [0.15, 0.2) is 0 Å². The molecular formula is C17H25NO4S. The highest BCUT2D eigenvalue weighted by Crippen LogP contribution is 2.41. The molecule has 1 unspecified atom stereocenters. The zero-order chi connectivity index (χ0) is 16.8. The summed E-state index contributed by atoms with van der Waals surface area (Å²) < 4.78 is 16.2. The Morgan fingerprint density at radius 3 is 2.43 bits per heavy atom. The summed E-state index contributed by atoms with van der Waals surface area (Å²) in [5, 5.41) is 0.00514. The van der Waals surface area contributed by atoms with Gasteiger partial charge in [0.2, 0.25) is 5.91 Å². The van der Waals surface area contributed by atoms with Gasteiger partial charge in [-0.1, -0.05) is 0 Å². The Balaban J connectivity index is 2.09. The molecule has 0 radical (unpaired) electrons. The summed E-state index contributed by atoms with van der Waals surface area (Å²) in [4.78, 5) is 14.1. The first-order chi connectivity index (χ1) is 11.0. The van der Waals surface area contributed by atoms with Crippen LogP contribution in [0.5, 0.6) is 11.5 Å². The van der Waals surface area contributed by atoms with Crippen molar-refractivity contribution in [2.75, 3.05) is 33.1 Å². The Kier molecular flexibility index (Phi) is 6.59. The molecule has 1 aromatic rings. The van der Waals surface area contributed by atoms with Crippen molar-refractivity contribution in [3.63, 3.8) is 0 Å². The molecule has 1 fully saturated rings. The number of nitrogens with zero attached hydrogens (tertiary/aromatic N) is 1. The Labute approximate surface area is 142 Å². The highest BCUT2D eigenvalue weighted by Gasteiger charge is 2.32. The van der Waals surface area contributed by atoms with E-state index in [2.05, 4.69) is 0 Å². The van der Waals surface area contributed by atoms with E-state index in [9.17, 15) is 4.79 Å². The van der Waals surface area contributed by atoms with Crippen molar-refractivity contribution in [2.24, 2.45) is 0 Å². The molecule has 23 heavy (non-hydrogen) atoms. The normalized spacial score (nSPS) is 17.9. The fraction of sp³-hybridized carbons (Fsp3) is 0.588. The first kappa shape index (κ1) is 17.9. The summed E-state index contributed by atoms with van der Waals surface area (Å²) in [6.45, 7) is 5.40. The fourth-order valence-corrected chi connectivity index (χ4v) is 3.70. The zero-order valence-corrected chi connectivity index (χ0v) is 15.0. The molecule has 0 aliphatic carbocycles. The standard InChI is InChI=1S/C17H25NO4S/c1-12(2)22-7-5-6-18-16(19)11-23-17(18)13-8-14(20-3)10-15(9-13)21-4/h8-10,12,17H,5-7,11H2,1-4H3. The molecule has 6 heteroatoms. The fourth-order valence-electron chi connectivity index (χ4n) is 2.50. The summed E-state index contributed by atoms with van der Waals surface area (Å²) in [7, 11) is 3.26. The molecule has 1 amide bonds. The number of ether oxygens (including phenoxy) is 3. The minimum absolute atomic E-state index is 0.00514. The van der Waals surface area contributed by atoms with E-state index < -0.39 is 0 Å². The van der Waals surface area contributed by atoms with E-state index in [-0.39, 0.29) is 17.4 Å². The summed E-state index contributed by atoms with van der Waals surface area (Å²) >= 11 is 1.64.